The number of aryl methyl sites for hydroxylation is 1. The summed E-state index contributed by atoms with van der Waals surface area (Å²) < 4.78 is 0. The van der Waals surface area contributed by atoms with Crippen LogP contribution in [0.5, 0.6) is 0 Å². The molecule has 1 saturated heterocycles. The molecular weight excluding hydrogens is 334 g/mol. The van der Waals surface area contributed by atoms with E-state index in [2.05, 4.69) is 6.07 Å². The number of halogens is 1. The lowest BCUT2D eigenvalue weighted by Crippen LogP contribution is -2.32. The maximum Gasteiger partial charge on any atom is 0.263 e. The van der Waals surface area contributed by atoms with Crippen LogP contribution >= 0.6 is 34.7 Å². The number of hydrogen-bond donors (Lipinski definition) is 0. The molecule has 2 aromatic rings. The number of carbonyl (C=O) groups excluding carboxylic acids is 1. The second-order valence-electron chi connectivity index (χ2n) is 5.45. The molecule has 1 fully saturated rings. The molecule has 1 aliphatic rings. The highest BCUT2D eigenvalue weighted by Gasteiger charge is 2.24. The van der Waals surface area contributed by atoms with Gasteiger partial charge in [-0.1, -0.05) is 29.8 Å². The normalized spacial score (nSPS) is 19.0. The molecule has 1 aromatic carbocycles. The van der Waals surface area contributed by atoms with Crippen molar-refractivity contribution in [1.82, 2.24) is 4.90 Å². The van der Waals surface area contributed by atoms with E-state index in [9.17, 15) is 4.79 Å². The van der Waals surface area contributed by atoms with E-state index in [0.717, 1.165) is 40.7 Å². The fraction of sp³-hybridized carbons (Fsp3) is 0.353. The summed E-state index contributed by atoms with van der Waals surface area (Å²) in [6.45, 7) is 3.62. The highest BCUT2D eigenvalue weighted by molar-refractivity contribution is 7.99. The van der Waals surface area contributed by atoms with Crippen LogP contribution in [-0.4, -0.2) is 29.6 Å². The van der Waals surface area contributed by atoms with Gasteiger partial charge in [0.1, 0.15) is 0 Å². The zero-order valence-electron chi connectivity index (χ0n) is 12.4. The Morgan fingerprint density at radius 3 is 2.86 bits per heavy atom. The molecule has 0 radical (unpaired) electrons. The monoisotopic (exact) mass is 351 g/mol. The predicted molar refractivity (Wildman–Crippen MR) is 96.2 cm³/mol. The third-order valence-electron chi connectivity index (χ3n) is 3.82. The Bertz CT molecular complexity index is 670. The summed E-state index contributed by atoms with van der Waals surface area (Å²) in [7, 11) is 0. The summed E-state index contributed by atoms with van der Waals surface area (Å²) in [5.41, 5.74) is 2.35. The Balaban J connectivity index is 1.70. The van der Waals surface area contributed by atoms with Crippen molar-refractivity contribution in [2.24, 2.45) is 0 Å². The number of amides is 1. The molecule has 2 nitrogen and oxygen atoms in total. The van der Waals surface area contributed by atoms with Gasteiger partial charge < -0.3 is 4.90 Å². The van der Waals surface area contributed by atoms with E-state index in [-0.39, 0.29) is 5.91 Å². The van der Waals surface area contributed by atoms with Crippen LogP contribution in [0.2, 0.25) is 5.02 Å². The molecule has 1 atom stereocenters. The molecule has 3 rings (SSSR count). The van der Waals surface area contributed by atoms with Gasteiger partial charge in [-0.2, -0.15) is 11.8 Å². The quantitative estimate of drug-likeness (QED) is 0.756. The van der Waals surface area contributed by atoms with Crippen molar-refractivity contribution in [3.8, 4) is 0 Å². The first-order chi connectivity index (χ1) is 10.6. The zero-order chi connectivity index (χ0) is 15.5. The Kier molecular flexibility index (Phi) is 5.11. The Hall–Kier alpha value is -0.970. The highest BCUT2D eigenvalue weighted by atomic mass is 35.5. The number of carbonyl (C=O) groups is 1. The van der Waals surface area contributed by atoms with Crippen LogP contribution in [-0.2, 0) is 0 Å². The Morgan fingerprint density at radius 1 is 1.32 bits per heavy atom. The summed E-state index contributed by atoms with van der Waals surface area (Å²) in [6.07, 6.45) is 0.949. The van der Waals surface area contributed by atoms with E-state index in [1.54, 1.807) is 0 Å². The Labute approximate surface area is 144 Å². The molecule has 0 N–H and O–H groups in total. The first kappa shape index (κ1) is 15.9. The molecule has 0 bridgehead atoms. The van der Waals surface area contributed by atoms with Crippen molar-refractivity contribution in [3.63, 3.8) is 0 Å². The van der Waals surface area contributed by atoms with E-state index < -0.39 is 0 Å². The van der Waals surface area contributed by atoms with Gasteiger partial charge in [-0.3, -0.25) is 4.79 Å². The number of benzene rings is 1. The van der Waals surface area contributed by atoms with E-state index in [1.807, 2.05) is 53.2 Å². The molecule has 0 aliphatic carbocycles. The lowest BCUT2D eigenvalue weighted by molar-refractivity contribution is 0.0771. The van der Waals surface area contributed by atoms with Crippen molar-refractivity contribution < 1.29 is 4.79 Å². The minimum Gasteiger partial charge on any atom is -0.337 e. The van der Waals surface area contributed by atoms with Gasteiger partial charge in [0.05, 0.1) is 4.88 Å². The SMILES string of the molecule is Cc1csc(C(=O)N2CCSC(c3ccccc3Cl)CC2)c1. The first-order valence-electron chi connectivity index (χ1n) is 7.35. The summed E-state index contributed by atoms with van der Waals surface area (Å²) in [4.78, 5) is 15.4. The molecule has 0 spiro atoms. The minimum atomic E-state index is 0.165. The van der Waals surface area contributed by atoms with Crippen LogP contribution in [0.15, 0.2) is 35.7 Å². The van der Waals surface area contributed by atoms with Crippen LogP contribution in [0.25, 0.3) is 0 Å². The van der Waals surface area contributed by atoms with Crippen molar-refractivity contribution >= 4 is 40.6 Å². The largest absolute Gasteiger partial charge is 0.337 e. The Morgan fingerprint density at radius 2 is 2.14 bits per heavy atom. The van der Waals surface area contributed by atoms with Crippen molar-refractivity contribution in [1.29, 1.82) is 0 Å². The van der Waals surface area contributed by atoms with Gasteiger partial charge in [-0.25, -0.2) is 0 Å². The van der Waals surface area contributed by atoms with E-state index in [1.165, 1.54) is 16.9 Å². The molecule has 0 saturated carbocycles. The maximum atomic E-state index is 12.6. The molecule has 2 heterocycles. The number of rotatable bonds is 2. The van der Waals surface area contributed by atoms with E-state index >= 15 is 0 Å². The highest BCUT2D eigenvalue weighted by Crippen LogP contribution is 2.38. The van der Waals surface area contributed by atoms with Crippen molar-refractivity contribution in [2.45, 2.75) is 18.6 Å². The van der Waals surface area contributed by atoms with Gasteiger partial charge in [-0.05, 0) is 42.0 Å². The topological polar surface area (TPSA) is 20.3 Å². The van der Waals surface area contributed by atoms with Gasteiger partial charge in [-0.15, -0.1) is 11.3 Å². The predicted octanol–water partition coefficient (Wildman–Crippen LogP) is 5.03. The standard InChI is InChI=1S/C17H18ClNOS2/c1-12-10-16(22-11-12)17(20)19-7-6-15(21-9-8-19)13-4-2-3-5-14(13)18/h2-5,10-11,15H,6-9H2,1H3. The van der Waals surface area contributed by atoms with Gasteiger partial charge >= 0.3 is 0 Å². The van der Waals surface area contributed by atoms with Crippen LogP contribution in [0.1, 0.15) is 32.5 Å². The second-order valence-corrected chi connectivity index (χ2v) is 8.08. The van der Waals surface area contributed by atoms with Crippen LogP contribution < -0.4 is 0 Å². The fourth-order valence-corrected chi connectivity index (χ4v) is 5.12. The first-order valence-corrected chi connectivity index (χ1v) is 9.66. The number of nitrogens with zero attached hydrogens (tertiary/aromatic N) is 1. The van der Waals surface area contributed by atoms with Gasteiger partial charge in [0.2, 0.25) is 0 Å². The molecule has 22 heavy (non-hydrogen) atoms. The van der Waals surface area contributed by atoms with E-state index in [4.69, 9.17) is 11.6 Å². The number of hydrogen-bond acceptors (Lipinski definition) is 3. The number of thiophene rings is 1. The number of thioether (sulfide) groups is 1. The smallest absolute Gasteiger partial charge is 0.263 e. The summed E-state index contributed by atoms with van der Waals surface area (Å²) in [6, 6.07) is 10.0. The summed E-state index contributed by atoms with van der Waals surface area (Å²) >= 11 is 9.75. The van der Waals surface area contributed by atoms with Crippen LogP contribution in [0.3, 0.4) is 0 Å². The molecule has 1 aliphatic heterocycles. The average molecular weight is 352 g/mol. The minimum absolute atomic E-state index is 0.165. The van der Waals surface area contributed by atoms with E-state index in [0.29, 0.717) is 5.25 Å². The molecular formula is C17H18ClNOS2. The lowest BCUT2D eigenvalue weighted by Gasteiger charge is -2.19. The molecule has 1 aromatic heterocycles. The molecule has 1 amide bonds. The van der Waals surface area contributed by atoms with Crippen LogP contribution in [0.4, 0.5) is 0 Å². The van der Waals surface area contributed by atoms with Crippen molar-refractivity contribution in [3.05, 3.63) is 56.7 Å². The summed E-state index contributed by atoms with van der Waals surface area (Å²) in [5, 5.41) is 3.23. The average Bonchev–Trinajstić information content (AvgIpc) is 2.81. The third kappa shape index (κ3) is 3.50. The van der Waals surface area contributed by atoms with Gasteiger partial charge in [0.15, 0.2) is 0 Å². The summed E-state index contributed by atoms with van der Waals surface area (Å²) in [5.74, 6) is 1.12. The molecule has 5 heteroatoms. The molecule has 1 unspecified atom stereocenters. The lowest BCUT2D eigenvalue weighted by atomic mass is 10.1. The molecule has 116 valence electrons. The van der Waals surface area contributed by atoms with Gasteiger partial charge in [0.25, 0.3) is 5.91 Å². The maximum absolute atomic E-state index is 12.6. The van der Waals surface area contributed by atoms with Crippen molar-refractivity contribution in [2.75, 3.05) is 18.8 Å². The second kappa shape index (κ2) is 7.07. The van der Waals surface area contributed by atoms with Gasteiger partial charge in [0, 0.05) is 29.1 Å². The fourth-order valence-electron chi connectivity index (χ4n) is 2.66. The van der Waals surface area contributed by atoms with Crippen LogP contribution in [0, 0.1) is 6.92 Å². The zero-order valence-corrected chi connectivity index (χ0v) is 14.8. The third-order valence-corrected chi connectivity index (χ3v) is 6.51.